The minimum atomic E-state index is -0.570. The SMILES string of the molecule is CCCCOC(=O)C1CCC(O)CC1C(=O)OCCCC. The molecule has 3 unspecified atom stereocenters. The molecule has 0 aliphatic heterocycles. The molecular formula is C16H28O5. The highest BCUT2D eigenvalue weighted by Crippen LogP contribution is 2.32. The van der Waals surface area contributed by atoms with Crippen molar-refractivity contribution in [2.45, 2.75) is 64.9 Å². The van der Waals surface area contributed by atoms with Gasteiger partial charge in [-0.3, -0.25) is 9.59 Å². The molecule has 0 amide bonds. The highest BCUT2D eigenvalue weighted by Gasteiger charge is 2.40. The molecule has 122 valence electrons. The first-order valence-electron chi connectivity index (χ1n) is 8.11. The minimum Gasteiger partial charge on any atom is -0.465 e. The molecule has 0 aromatic rings. The summed E-state index contributed by atoms with van der Waals surface area (Å²) in [7, 11) is 0. The molecule has 3 atom stereocenters. The van der Waals surface area contributed by atoms with E-state index < -0.39 is 17.9 Å². The standard InChI is InChI=1S/C16H28O5/c1-3-5-9-20-15(18)13-8-7-12(17)11-14(13)16(19)21-10-6-4-2/h12-14,17H,3-11H2,1-2H3. The van der Waals surface area contributed by atoms with Crippen molar-refractivity contribution in [2.75, 3.05) is 13.2 Å². The Morgan fingerprint density at radius 1 is 0.952 bits per heavy atom. The molecule has 1 saturated carbocycles. The van der Waals surface area contributed by atoms with E-state index in [0.29, 0.717) is 32.5 Å². The summed E-state index contributed by atoms with van der Waals surface area (Å²) in [4.78, 5) is 24.2. The number of esters is 2. The van der Waals surface area contributed by atoms with Crippen LogP contribution in [0.25, 0.3) is 0 Å². The predicted molar refractivity (Wildman–Crippen MR) is 78.6 cm³/mol. The highest BCUT2D eigenvalue weighted by molar-refractivity contribution is 5.82. The van der Waals surface area contributed by atoms with Gasteiger partial charge in [0.15, 0.2) is 0 Å². The van der Waals surface area contributed by atoms with Crippen molar-refractivity contribution in [2.24, 2.45) is 11.8 Å². The molecule has 5 heteroatoms. The molecule has 0 radical (unpaired) electrons. The number of carbonyl (C=O) groups excluding carboxylic acids is 2. The summed E-state index contributed by atoms with van der Waals surface area (Å²) in [5.74, 6) is -1.74. The number of hydrogen-bond donors (Lipinski definition) is 1. The van der Waals surface area contributed by atoms with Crippen LogP contribution in [0.5, 0.6) is 0 Å². The monoisotopic (exact) mass is 300 g/mol. The Bertz CT molecular complexity index is 329. The molecule has 1 N–H and O–H groups in total. The Hall–Kier alpha value is -1.10. The summed E-state index contributed by atoms with van der Waals surface area (Å²) >= 11 is 0. The van der Waals surface area contributed by atoms with E-state index in [1.165, 1.54) is 0 Å². The maximum Gasteiger partial charge on any atom is 0.309 e. The molecule has 0 heterocycles. The lowest BCUT2D eigenvalue weighted by Gasteiger charge is -2.31. The van der Waals surface area contributed by atoms with Gasteiger partial charge in [-0.2, -0.15) is 0 Å². The number of unbranched alkanes of at least 4 members (excludes halogenated alkanes) is 2. The molecule has 1 aliphatic carbocycles. The molecule has 5 nitrogen and oxygen atoms in total. The maximum absolute atomic E-state index is 12.1. The average molecular weight is 300 g/mol. The molecule has 1 fully saturated rings. The first-order chi connectivity index (χ1) is 10.1. The second kappa shape index (κ2) is 9.77. The van der Waals surface area contributed by atoms with Crippen LogP contribution in [0.1, 0.15) is 58.8 Å². The topological polar surface area (TPSA) is 72.8 Å². The second-order valence-electron chi connectivity index (χ2n) is 5.72. The molecule has 0 spiro atoms. The van der Waals surface area contributed by atoms with E-state index in [-0.39, 0.29) is 11.9 Å². The van der Waals surface area contributed by atoms with E-state index in [1.54, 1.807) is 0 Å². The van der Waals surface area contributed by atoms with Crippen molar-refractivity contribution in [3.05, 3.63) is 0 Å². The summed E-state index contributed by atoms with van der Waals surface area (Å²) in [6.45, 7) is 4.82. The predicted octanol–water partition coefficient (Wildman–Crippen LogP) is 2.45. The number of aliphatic hydroxyl groups excluding tert-OH is 1. The van der Waals surface area contributed by atoms with Crippen molar-refractivity contribution in [3.63, 3.8) is 0 Å². The fourth-order valence-corrected chi connectivity index (χ4v) is 2.54. The minimum absolute atomic E-state index is 0.290. The fourth-order valence-electron chi connectivity index (χ4n) is 2.54. The van der Waals surface area contributed by atoms with Crippen LogP contribution in [-0.4, -0.2) is 36.4 Å². The quantitative estimate of drug-likeness (QED) is 0.550. The summed E-state index contributed by atoms with van der Waals surface area (Å²) in [5, 5.41) is 9.75. The van der Waals surface area contributed by atoms with Gasteiger partial charge in [-0.05, 0) is 32.1 Å². The number of rotatable bonds is 8. The lowest BCUT2D eigenvalue weighted by molar-refractivity contribution is -0.165. The van der Waals surface area contributed by atoms with Crippen LogP contribution in [0.2, 0.25) is 0 Å². The van der Waals surface area contributed by atoms with E-state index in [2.05, 4.69) is 0 Å². The first kappa shape index (κ1) is 18.0. The molecule has 0 bridgehead atoms. The number of carbonyl (C=O) groups is 2. The zero-order valence-corrected chi connectivity index (χ0v) is 13.2. The third kappa shape index (κ3) is 6.04. The van der Waals surface area contributed by atoms with Crippen molar-refractivity contribution in [1.82, 2.24) is 0 Å². The van der Waals surface area contributed by atoms with Gasteiger partial charge in [0, 0.05) is 0 Å². The summed E-state index contributed by atoms with van der Waals surface area (Å²) in [6.07, 6.45) is 4.32. The van der Waals surface area contributed by atoms with Gasteiger partial charge < -0.3 is 14.6 Å². The van der Waals surface area contributed by atoms with Gasteiger partial charge in [0.05, 0.1) is 31.2 Å². The third-order valence-electron chi connectivity index (χ3n) is 3.91. The molecule has 0 saturated heterocycles. The van der Waals surface area contributed by atoms with Gasteiger partial charge in [-0.15, -0.1) is 0 Å². The van der Waals surface area contributed by atoms with E-state index in [9.17, 15) is 14.7 Å². The Balaban J connectivity index is 2.56. The first-order valence-corrected chi connectivity index (χ1v) is 8.11. The molecule has 1 rings (SSSR count). The maximum atomic E-state index is 12.1. The number of hydrogen-bond acceptors (Lipinski definition) is 5. The molecule has 0 aromatic carbocycles. The van der Waals surface area contributed by atoms with E-state index in [0.717, 1.165) is 25.7 Å². The van der Waals surface area contributed by atoms with Gasteiger partial charge in [0.2, 0.25) is 0 Å². The van der Waals surface area contributed by atoms with Crippen LogP contribution in [0.4, 0.5) is 0 Å². The average Bonchev–Trinajstić information content (AvgIpc) is 2.47. The van der Waals surface area contributed by atoms with Crippen LogP contribution in [0.3, 0.4) is 0 Å². The summed E-state index contributed by atoms with van der Waals surface area (Å²) in [6, 6.07) is 0. The van der Waals surface area contributed by atoms with Gasteiger partial charge >= 0.3 is 11.9 Å². The Labute approximate surface area is 127 Å². The van der Waals surface area contributed by atoms with E-state index >= 15 is 0 Å². The smallest absolute Gasteiger partial charge is 0.309 e. The van der Waals surface area contributed by atoms with Crippen LogP contribution >= 0.6 is 0 Å². The van der Waals surface area contributed by atoms with Gasteiger partial charge in [0.1, 0.15) is 0 Å². The largest absolute Gasteiger partial charge is 0.465 e. The van der Waals surface area contributed by atoms with Crippen molar-refractivity contribution >= 4 is 11.9 Å². The van der Waals surface area contributed by atoms with Crippen LogP contribution in [-0.2, 0) is 19.1 Å². The Kier molecular flexibility index (Phi) is 8.35. The zero-order valence-electron chi connectivity index (χ0n) is 13.2. The summed E-state index contributed by atoms with van der Waals surface area (Å²) < 4.78 is 10.5. The third-order valence-corrected chi connectivity index (χ3v) is 3.91. The lowest BCUT2D eigenvalue weighted by atomic mass is 9.78. The van der Waals surface area contributed by atoms with Crippen LogP contribution in [0.15, 0.2) is 0 Å². The van der Waals surface area contributed by atoms with Gasteiger partial charge in [-0.1, -0.05) is 26.7 Å². The molecule has 21 heavy (non-hydrogen) atoms. The molecule has 0 aromatic heterocycles. The van der Waals surface area contributed by atoms with Gasteiger partial charge in [0.25, 0.3) is 0 Å². The van der Waals surface area contributed by atoms with Crippen molar-refractivity contribution in [3.8, 4) is 0 Å². The molecular weight excluding hydrogens is 272 g/mol. The Morgan fingerprint density at radius 2 is 1.48 bits per heavy atom. The van der Waals surface area contributed by atoms with Gasteiger partial charge in [-0.25, -0.2) is 0 Å². The van der Waals surface area contributed by atoms with Crippen LogP contribution < -0.4 is 0 Å². The number of ether oxygens (including phenoxy) is 2. The normalized spacial score (nSPS) is 25.4. The lowest BCUT2D eigenvalue weighted by Crippen LogP contribution is -2.39. The molecule has 1 aliphatic rings. The Morgan fingerprint density at radius 3 is 2.00 bits per heavy atom. The van der Waals surface area contributed by atoms with E-state index in [4.69, 9.17) is 9.47 Å². The zero-order chi connectivity index (χ0) is 15.7. The second-order valence-corrected chi connectivity index (χ2v) is 5.72. The highest BCUT2D eigenvalue weighted by atomic mass is 16.5. The van der Waals surface area contributed by atoms with Crippen molar-refractivity contribution < 1.29 is 24.2 Å². The van der Waals surface area contributed by atoms with Crippen molar-refractivity contribution in [1.29, 1.82) is 0 Å². The van der Waals surface area contributed by atoms with E-state index in [1.807, 2.05) is 13.8 Å². The fraction of sp³-hybridized carbons (Fsp3) is 0.875. The van der Waals surface area contributed by atoms with Crippen LogP contribution in [0, 0.1) is 11.8 Å². The number of aliphatic hydroxyl groups is 1. The summed E-state index contributed by atoms with van der Waals surface area (Å²) in [5.41, 5.74) is 0.